The third kappa shape index (κ3) is 4.71. The van der Waals surface area contributed by atoms with Crippen LogP contribution in [-0.2, 0) is 21.5 Å². The number of hydrogen-bond acceptors (Lipinski definition) is 4. The van der Waals surface area contributed by atoms with Crippen molar-refractivity contribution in [2.75, 3.05) is 20.2 Å². The number of nitrogens with zero attached hydrogens (tertiary/aromatic N) is 1. The lowest BCUT2D eigenvalue weighted by molar-refractivity contribution is -0.134. The number of benzene rings is 2. The number of para-hydroxylation sites is 1. The molecule has 2 N–H and O–H groups in total. The van der Waals surface area contributed by atoms with Crippen LogP contribution < -0.4 is 15.4 Å². The second-order valence-electron chi connectivity index (χ2n) is 8.13. The summed E-state index contributed by atoms with van der Waals surface area (Å²) in [6, 6.07) is 14.6. The molecule has 3 rings (SSSR count). The molecule has 2 aromatic rings. The van der Waals surface area contributed by atoms with Crippen molar-refractivity contribution < 1.29 is 19.1 Å². The van der Waals surface area contributed by atoms with E-state index < -0.39 is 23.4 Å². The van der Waals surface area contributed by atoms with Crippen molar-refractivity contribution in [2.24, 2.45) is 0 Å². The van der Waals surface area contributed by atoms with Gasteiger partial charge in [-0.2, -0.15) is 0 Å². The summed E-state index contributed by atoms with van der Waals surface area (Å²) in [5.41, 5.74) is 1.62. The Balaban J connectivity index is 1.61. The number of methoxy groups -OCH3 is 1. The number of urea groups is 1. The minimum Gasteiger partial charge on any atom is -0.496 e. The van der Waals surface area contributed by atoms with Gasteiger partial charge in [-0.1, -0.05) is 56.3 Å². The Morgan fingerprint density at radius 2 is 1.81 bits per heavy atom. The maximum Gasteiger partial charge on any atom is 0.325 e. The molecule has 1 unspecified atom stereocenters. The Kier molecular flexibility index (Phi) is 6.63. The van der Waals surface area contributed by atoms with Gasteiger partial charge in [-0.15, -0.1) is 0 Å². The van der Waals surface area contributed by atoms with Crippen LogP contribution in [0.15, 0.2) is 48.5 Å². The van der Waals surface area contributed by atoms with E-state index in [1.165, 1.54) is 0 Å². The number of rotatable bonds is 8. The van der Waals surface area contributed by atoms with Crippen molar-refractivity contribution in [1.29, 1.82) is 0 Å². The zero-order valence-corrected chi connectivity index (χ0v) is 18.4. The second-order valence-corrected chi connectivity index (χ2v) is 8.13. The molecule has 0 spiro atoms. The first kappa shape index (κ1) is 22.3. The molecular weight excluding hydrogens is 394 g/mol. The first-order chi connectivity index (χ1) is 14.8. The van der Waals surface area contributed by atoms with Gasteiger partial charge in [-0.25, -0.2) is 4.79 Å². The summed E-state index contributed by atoms with van der Waals surface area (Å²) < 4.78 is 5.31. The molecule has 0 saturated carbocycles. The van der Waals surface area contributed by atoms with Gasteiger partial charge in [0.05, 0.1) is 7.11 Å². The van der Waals surface area contributed by atoms with Crippen molar-refractivity contribution >= 4 is 17.8 Å². The second kappa shape index (κ2) is 9.20. The number of amides is 4. The van der Waals surface area contributed by atoms with Crippen LogP contribution in [-0.4, -0.2) is 42.9 Å². The molecule has 1 saturated heterocycles. The van der Waals surface area contributed by atoms with Crippen LogP contribution in [0.1, 0.15) is 43.4 Å². The van der Waals surface area contributed by atoms with E-state index in [2.05, 4.69) is 24.5 Å². The molecule has 7 heteroatoms. The molecule has 1 fully saturated rings. The van der Waals surface area contributed by atoms with Gasteiger partial charge in [-0.3, -0.25) is 14.5 Å². The topological polar surface area (TPSA) is 87.7 Å². The molecule has 0 aliphatic carbocycles. The average Bonchev–Trinajstić information content (AvgIpc) is 2.98. The Morgan fingerprint density at radius 1 is 1.13 bits per heavy atom. The molecule has 7 nitrogen and oxygen atoms in total. The monoisotopic (exact) mass is 423 g/mol. The van der Waals surface area contributed by atoms with Crippen molar-refractivity contribution in [1.82, 2.24) is 15.5 Å². The summed E-state index contributed by atoms with van der Waals surface area (Å²) in [6.45, 7) is 5.89. The highest BCUT2D eigenvalue weighted by Crippen LogP contribution is 2.29. The largest absolute Gasteiger partial charge is 0.496 e. The van der Waals surface area contributed by atoms with E-state index in [9.17, 15) is 14.4 Å². The maximum absolute atomic E-state index is 13.0. The summed E-state index contributed by atoms with van der Waals surface area (Å²) >= 11 is 0. The first-order valence-corrected chi connectivity index (χ1v) is 10.4. The number of nitrogens with one attached hydrogen (secondary N) is 2. The van der Waals surface area contributed by atoms with Crippen molar-refractivity contribution in [3.63, 3.8) is 0 Å². The minimum absolute atomic E-state index is 0.323. The van der Waals surface area contributed by atoms with Gasteiger partial charge in [0, 0.05) is 6.54 Å². The van der Waals surface area contributed by atoms with Gasteiger partial charge in [-0.05, 0) is 42.0 Å². The van der Waals surface area contributed by atoms with Crippen LogP contribution >= 0.6 is 0 Å². The van der Waals surface area contributed by atoms with Crippen molar-refractivity contribution in [3.05, 3.63) is 65.2 Å². The lowest BCUT2D eigenvalue weighted by Crippen LogP contribution is -2.43. The van der Waals surface area contributed by atoms with E-state index in [0.717, 1.165) is 21.8 Å². The van der Waals surface area contributed by atoms with Gasteiger partial charge < -0.3 is 15.4 Å². The molecule has 4 amide bonds. The zero-order chi connectivity index (χ0) is 22.6. The lowest BCUT2D eigenvalue weighted by Gasteiger charge is -2.22. The molecule has 2 aromatic carbocycles. The SMILES string of the molecule is COc1ccccc1CCNC(=O)CN1C(=O)NC(C)(c2ccc(C(C)C)cc2)C1=O. The average molecular weight is 424 g/mol. The first-order valence-electron chi connectivity index (χ1n) is 10.4. The quantitative estimate of drug-likeness (QED) is 0.639. The van der Waals surface area contributed by atoms with E-state index in [1.807, 2.05) is 48.5 Å². The van der Waals surface area contributed by atoms with Crippen LogP contribution in [0, 0.1) is 0 Å². The molecule has 164 valence electrons. The van der Waals surface area contributed by atoms with Gasteiger partial charge in [0.15, 0.2) is 0 Å². The van der Waals surface area contributed by atoms with Crippen LogP contribution in [0.25, 0.3) is 0 Å². The predicted octanol–water partition coefficient (Wildman–Crippen LogP) is 2.94. The lowest BCUT2D eigenvalue weighted by atomic mass is 9.90. The molecule has 1 aliphatic rings. The Bertz CT molecular complexity index is 971. The van der Waals surface area contributed by atoms with Gasteiger partial charge >= 0.3 is 6.03 Å². The summed E-state index contributed by atoms with van der Waals surface area (Å²) in [5.74, 6) is 0.296. The van der Waals surface area contributed by atoms with Crippen LogP contribution in [0.4, 0.5) is 4.79 Å². The van der Waals surface area contributed by atoms with Crippen LogP contribution in [0.2, 0.25) is 0 Å². The fourth-order valence-electron chi connectivity index (χ4n) is 3.68. The van der Waals surface area contributed by atoms with Gasteiger partial charge in [0.2, 0.25) is 5.91 Å². The van der Waals surface area contributed by atoms with Gasteiger partial charge in [0.1, 0.15) is 17.8 Å². The molecule has 1 heterocycles. The molecule has 0 bridgehead atoms. The minimum atomic E-state index is -1.19. The summed E-state index contributed by atoms with van der Waals surface area (Å²) in [6.07, 6.45) is 0.579. The Morgan fingerprint density at radius 3 is 2.45 bits per heavy atom. The van der Waals surface area contributed by atoms with E-state index in [1.54, 1.807) is 14.0 Å². The summed E-state index contributed by atoms with van der Waals surface area (Å²) in [4.78, 5) is 38.8. The molecule has 1 aliphatic heterocycles. The summed E-state index contributed by atoms with van der Waals surface area (Å²) in [5, 5.41) is 5.51. The molecule has 1 atom stereocenters. The molecule has 0 radical (unpaired) electrons. The van der Waals surface area contributed by atoms with Gasteiger partial charge in [0.25, 0.3) is 5.91 Å². The number of carbonyl (C=O) groups is 3. The van der Waals surface area contributed by atoms with E-state index in [-0.39, 0.29) is 6.54 Å². The Labute approximate surface area is 182 Å². The molecule has 0 aromatic heterocycles. The zero-order valence-electron chi connectivity index (χ0n) is 18.4. The number of carbonyl (C=O) groups excluding carboxylic acids is 3. The van der Waals surface area contributed by atoms with E-state index in [4.69, 9.17) is 4.74 Å². The fraction of sp³-hybridized carbons (Fsp3) is 0.375. The highest BCUT2D eigenvalue weighted by atomic mass is 16.5. The van der Waals surface area contributed by atoms with Crippen LogP contribution in [0.5, 0.6) is 5.75 Å². The van der Waals surface area contributed by atoms with E-state index in [0.29, 0.717) is 24.4 Å². The standard InChI is InChI=1S/C24H29N3O4/c1-16(2)17-9-11-19(12-10-17)24(3)22(29)27(23(30)26-24)15-21(28)25-14-13-18-7-5-6-8-20(18)31-4/h5-12,16H,13-15H2,1-4H3,(H,25,28)(H,26,30). The van der Waals surface area contributed by atoms with E-state index >= 15 is 0 Å². The molecular formula is C24H29N3O4. The highest BCUT2D eigenvalue weighted by Gasteiger charge is 2.49. The fourth-order valence-corrected chi connectivity index (χ4v) is 3.68. The van der Waals surface area contributed by atoms with Crippen molar-refractivity contribution in [3.8, 4) is 5.75 Å². The predicted molar refractivity (Wildman–Crippen MR) is 118 cm³/mol. The third-order valence-electron chi connectivity index (χ3n) is 5.64. The number of hydrogen-bond donors (Lipinski definition) is 2. The molecule has 31 heavy (non-hydrogen) atoms. The summed E-state index contributed by atoms with van der Waals surface area (Å²) in [7, 11) is 1.60. The Hall–Kier alpha value is -3.35. The number of ether oxygens (including phenoxy) is 1. The van der Waals surface area contributed by atoms with Crippen LogP contribution in [0.3, 0.4) is 0 Å². The van der Waals surface area contributed by atoms with Crippen molar-refractivity contribution in [2.45, 2.75) is 38.6 Å². The normalized spacial score (nSPS) is 18.3. The maximum atomic E-state index is 13.0. The smallest absolute Gasteiger partial charge is 0.325 e. The highest BCUT2D eigenvalue weighted by molar-refractivity contribution is 6.09. The number of imide groups is 1. The third-order valence-corrected chi connectivity index (χ3v) is 5.64.